The molecule has 1 heterocycles. The first-order valence-corrected chi connectivity index (χ1v) is 12.0. The van der Waals surface area contributed by atoms with Gasteiger partial charge in [-0.1, -0.05) is 20.8 Å². The molecule has 1 aromatic heterocycles. The van der Waals surface area contributed by atoms with Crippen LogP contribution in [0.15, 0.2) is 29.8 Å². The molecule has 1 amide bonds. The number of hydrogen-bond acceptors (Lipinski definition) is 5. The fraction of sp³-hybridized carbons (Fsp3) is 0.444. The van der Waals surface area contributed by atoms with Gasteiger partial charge in [-0.15, -0.1) is 0 Å². The normalized spacial score (nSPS) is 11.8. The SMILES string of the molecule is CCCOc1ccc(C(F)(F)F)cc1NC(=O)COC(=O)C(C#N)=Cc1cc(C)n(CCC(C)C)c1C. The van der Waals surface area contributed by atoms with Gasteiger partial charge in [-0.05, 0) is 68.5 Å². The fourth-order valence-corrected chi connectivity index (χ4v) is 3.53. The Hall–Kier alpha value is -3.74. The minimum Gasteiger partial charge on any atom is -0.491 e. The van der Waals surface area contributed by atoms with E-state index in [1.165, 1.54) is 6.08 Å². The van der Waals surface area contributed by atoms with Crippen molar-refractivity contribution in [2.75, 3.05) is 18.5 Å². The molecule has 0 bridgehead atoms. The number of hydrogen-bond donors (Lipinski definition) is 1. The van der Waals surface area contributed by atoms with Gasteiger partial charge in [-0.25, -0.2) is 4.79 Å². The van der Waals surface area contributed by atoms with Crippen molar-refractivity contribution in [3.8, 4) is 11.8 Å². The Labute approximate surface area is 214 Å². The Bertz CT molecular complexity index is 1190. The lowest BCUT2D eigenvalue weighted by atomic mass is 10.1. The number of nitrogens with one attached hydrogen (secondary N) is 1. The summed E-state index contributed by atoms with van der Waals surface area (Å²) in [6, 6.07) is 6.37. The van der Waals surface area contributed by atoms with Crippen LogP contribution >= 0.6 is 0 Å². The molecule has 0 aliphatic rings. The molecule has 0 saturated carbocycles. The molecule has 0 saturated heterocycles. The van der Waals surface area contributed by atoms with Crippen LogP contribution in [0.25, 0.3) is 6.08 Å². The van der Waals surface area contributed by atoms with Crippen molar-refractivity contribution < 1.29 is 32.2 Å². The van der Waals surface area contributed by atoms with Crippen molar-refractivity contribution in [1.29, 1.82) is 5.26 Å². The highest BCUT2D eigenvalue weighted by Crippen LogP contribution is 2.35. The van der Waals surface area contributed by atoms with E-state index in [4.69, 9.17) is 9.47 Å². The Morgan fingerprint density at radius 3 is 2.51 bits per heavy atom. The van der Waals surface area contributed by atoms with E-state index < -0.39 is 30.2 Å². The van der Waals surface area contributed by atoms with E-state index in [9.17, 15) is 28.0 Å². The summed E-state index contributed by atoms with van der Waals surface area (Å²) in [7, 11) is 0. The lowest BCUT2D eigenvalue weighted by Crippen LogP contribution is -2.22. The number of nitrogens with zero attached hydrogens (tertiary/aromatic N) is 2. The van der Waals surface area contributed by atoms with E-state index in [0.29, 0.717) is 17.9 Å². The Morgan fingerprint density at radius 2 is 1.92 bits per heavy atom. The van der Waals surface area contributed by atoms with Crippen LogP contribution in [0, 0.1) is 31.1 Å². The number of carbonyl (C=O) groups is 2. The van der Waals surface area contributed by atoms with E-state index in [1.807, 2.05) is 26.8 Å². The Balaban J connectivity index is 2.12. The van der Waals surface area contributed by atoms with Gasteiger partial charge in [0.15, 0.2) is 6.61 Å². The van der Waals surface area contributed by atoms with E-state index in [2.05, 4.69) is 23.7 Å². The van der Waals surface area contributed by atoms with Gasteiger partial charge in [-0.2, -0.15) is 18.4 Å². The van der Waals surface area contributed by atoms with Gasteiger partial charge < -0.3 is 19.4 Å². The van der Waals surface area contributed by atoms with Crippen LogP contribution in [0.1, 0.15) is 56.1 Å². The smallest absolute Gasteiger partial charge is 0.416 e. The van der Waals surface area contributed by atoms with Crippen molar-refractivity contribution in [1.82, 2.24) is 4.57 Å². The number of esters is 1. The van der Waals surface area contributed by atoms with Crippen LogP contribution in [0.2, 0.25) is 0 Å². The fourth-order valence-electron chi connectivity index (χ4n) is 3.53. The maximum Gasteiger partial charge on any atom is 0.416 e. The quantitative estimate of drug-likeness (QED) is 0.222. The van der Waals surface area contributed by atoms with Gasteiger partial charge in [0.25, 0.3) is 5.91 Å². The zero-order chi connectivity index (χ0) is 27.8. The summed E-state index contributed by atoms with van der Waals surface area (Å²) in [4.78, 5) is 24.8. The van der Waals surface area contributed by atoms with E-state index in [-0.39, 0.29) is 23.6 Å². The second kappa shape index (κ2) is 13.0. The molecular weight excluding hydrogens is 487 g/mol. The number of aryl methyl sites for hydroxylation is 1. The summed E-state index contributed by atoms with van der Waals surface area (Å²) in [5, 5.41) is 11.8. The highest BCUT2D eigenvalue weighted by atomic mass is 19.4. The molecule has 0 fully saturated rings. The number of carbonyl (C=O) groups excluding carboxylic acids is 2. The van der Waals surface area contributed by atoms with Crippen LogP contribution in [0.5, 0.6) is 5.75 Å². The number of anilines is 1. The van der Waals surface area contributed by atoms with Crippen LogP contribution in [-0.2, 0) is 27.0 Å². The molecule has 0 aliphatic heterocycles. The van der Waals surface area contributed by atoms with Crippen molar-refractivity contribution in [2.45, 2.75) is 60.2 Å². The predicted octanol–water partition coefficient (Wildman–Crippen LogP) is 6.05. The van der Waals surface area contributed by atoms with Crippen LogP contribution in [-0.4, -0.2) is 29.7 Å². The van der Waals surface area contributed by atoms with Crippen LogP contribution < -0.4 is 10.1 Å². The lowest BCUT2D eigenvalue weighted by molar-refractivity contribution is -0.142. The molecule has 1 N–H and O–H groups in total. The summed E-state index contributed by atoms with van der Waals surface area (Å²) in [5.74, 6) is -1.32. The molecule has 2 aromatic rings. The van der Waals surface area contributed by atoms with Crippen LogP contribution in [0.3, 0.4) is 0 Å². The average Bonchev–Trinajstić information content (AvgIpc) is 3.09. The number of amides is 1. The summed E-state index contributed by atoms with van der Waals surface area (Å²) >= 11 is 0. The molecule has 2 rings (SSSR count). The molecule has 0 unspecified atom stereocenters. The average molecular weight is 520 g/mol. The Kier molecular flexibility index (Phi) is 10.4. The molecule has 37 heavy (non-hydrogen) atoms. The molecule has 10 heteroatoms. The minimum absolute atomic E-state index is 0.0555. The molecule has 0 aliphatic carbocycles. The number of rotatable bonds is 11. The monoisotopic (exact) mass is 519 g/mol. The van der Waals surface area contributed by atoms with Crippen molar-refractivity contribution in [3.63, 3.8) is 0 Å². The molecule has 200 valence electrons. The van der Waals surface area contributed by atoms with E-state index >= 15 is 0 Å². The van der Waals surface area contributed by atoms with Gasteiger partial charge in [-0.3, -0.25) is 4.79 Å². The second-order valence-corrected chi connectivity index (χ2v) is 9.01. The number of benzene rings is 1. The Morgan fingerprint density at radius 1 is 1.22 bits per heavy atom. The second-order valence-electron chi connectivity index (χ2n) is 9.01. The zero-order valence-corrected chi connectivity index (χ0v) is 21.7. The molecular formula is C27H32F3N3O4. The predicted molar refractivity (Wildman–Crippen MR) is 134 cm³/mol. The molecule has 0 spiro atoms. The first-order valence-electron chi connectivity index (χ1n) is 12.0. The summed E-state index contributed by atoms with van der Waals surface area (Å²) in [6.07, 6.45) is -1.64. The van der Waals surface area contributed by atoms with Gasteiger partial charge in [0, 0.05) is 17.9 Å². The number of nitriles is 1. The third kappa shape index (κ3) is 8.41. The first kappa shape index (κ1) is 29.5. The molecule has 1 aromatic carbocycles. The van der Waals surface area contributed by atoms with Crippen molar-refractivity contribution >= 4 is 23.6 Å². The summed E-state index contributed by atoms with van der Waals surface area (Å²) in [5.41, 5.74) is 1.08. The van der Waals surface area contributed by atoms with Gasteiger partial charge in [0.05, 0.1) is 17.9 Å². The highest BCUT2D eigenvalue weighted by molar-refractivity contribution is 6.00. The summed E-state index contributed by atoms with van der Waals surface area (Å²) in [6.45, 7) is 10.1. The number of halogens is 3. The molecule has 0 radical (unpaired) electrons. The standard InChI is InChI=1S/C27H32F3N3O4/c1-6-11-36-24-8-7-22(27(28,29)30)14-23(24)32-25(34)16-37-26(35)21(15-31)13-20-12-18(4)33(19(20)5)10-9-17(2)3/h7-8,12-14,17H,6,9-11,16H2,1-5H3,(H,32,34). The van der Waals surface area contributed by atoms with E-state index in [1.54, 1.807) is 6.07 Å². The maximum absolute atomic E-state index is 13.1. The highest BCUT2D eigenvalue weighted by Gasteiger charge is 2.31. The van der Waals surface area contributed by atoms with Gasteiger partial charge in [0.1, 0.15) is 17.4 Å². The lowest BCUT2D eigenvalue weighted by Gasteiger charge is -2.15. The largest absolute Gasteiger partial charge is 0.491 e. The van der Waals surface area contributed by atoms with E-state index in [0.717, 1.165) is 42.6 Å². The first-order chi connectivity index (χ1) is 17.4. The number of alkyl halides is 3. The molecule has 7 nitrogen and oxygen atoms in total. The zero-order valence-electron chi connectivity index (χ0n) is 21.7. The summed E-state index contributed by atoms with van der Waals surface area (Å²) < 4.78 is 51.8. The third-order valence-electron chi connectivity index (χ3n) is 5.56. The van der Waals surface area contributed by atoms with Crippen LogP contribution in [0.4, 0.5) is 18.9 Å². The van der Waals surface area contributed by atoms with Crippen molar-refractivity contribution in [3.05, 3.63) is 52.4 Å². The molecule has 0 atom stereocenters. The minimum atomic E-state index is -4.62. The number of aromatic nitrogens is 1. The topological polar surface area (TPSA) is 93.3 Å². The third-order valence-corrected chi connectivity index (χ3v) is 5.56. The number of ether oxygens (including phenoxy) is 2. The van der Waals surface area contributed by atoms with Gasteiger partial charge >= 0.3 is 12.1 Å². The van der Waals surface area contributed by atoms with Gasteiger partial charge in [0.2, 0.25) is 0 Å². The van der Waals surface area contributed by atoms with Crippen molar-refractivity contribution in [2.24, 2.45) is 5.92 Å². The maximum atomic E-state index is 13.1.